The highest BCUT2D eigenvalue weighted by molar-refractivity contribution is 5.77. The number of carbonyl (C=O) groups excluding carboxylic acids is 1. The van der Waals surface area contributed by atoms with Crippen LogP contribution in [0.4, 0.5) is 0 Å². The summed E-state index contributed by atoms with van der Waals surface area (Å²) in [6, 6.07) is 1.84. The maximum absolute atomic E-state index is 13.3. The van der Waals surface area contributed by atoms with Crippen molar-refractivity contribution in [1.29, 1.82) is 0 Å². The van der Waals surface area contributed by atoms with E-state index in [0.29, 0.717) is 5.76 Å². The summed E-state index contributed by atoms with van der Waals surface area (Å²) < 4.78 is 9.10. The van der Waals surface area contributed by atoms with Crippen LogP contribution in [-0.4, -0.2) is 42.1 Å². The average molecular weight is 396 g/mol. The second-order valence-electron chi connectivity index (χ2n) is 7.99. The van der Waals surface area contributed by atoms with Crippen molar-refractivity contribution in [2.24, 2.45) is 7.05 Å². The summed E-state index contributed by atoms with van der Waals surface area (Å²) in [6.07, 6.45) is 4.90. The fraction of sp³-hybridized carbons (Fsp3) is 0.524. The van der Waals surface area contributed by atoms with Crippen molar-refractivity contribution < 1.29 is 9.32 Å². The molecule has 3 aromatic rings. The Labute approximate surface area is 170 Å². The zero-order valence-electron chi connectivity index (χ0n) is 17.8. The Kier molecular flexibility index (Phi) is 5.02. The Hall–Kier alpha value is -2.90. The highest BCUT2D eigenvalue weighted by atomic mass is 16.5. The molecule has 1 saturated heterocycles. The Morgan fingerprint density at radius 3 is 2.66 bits per heavy atom. The number of hydrogen-bond donors (Lipinski definition) is 0. The molecular formula is C21H28N6O2. The van der Waals surface area contributed by atoms with Crippen LogP contribution in [0, 0.1) is 27.7 Å². The fourth-order valence-corrected chi connectivity index (χ4v) is 4.11. The molecule has 0 aliphatic carbocycles. The number of piperidine rings is 1. The molecule has 4 heterocycles. The standard InChI is InChI=1S/C21H28N6O2/c1-13-10-19(29-24-13)17-11-25(5)23-21(17)18-8-6-7-9-26(18)20(28)12-27-16(4)14(2)15(3)22-27/h10-11,18H,6-9,12H2,1-5H3/t18-/m1/s1. The van der Waals surface area contributed by atoms with Crippen LogP contribution >= 0.6 is 0 Å². The van der Waals surface area contributed by atoms with Gasteiger partial charge in [0.05, 0.1) is 28.7 Å². The highest BCUT2D eigenvalue weighted by Crippen LogP contribution is 2.36. The molecule has 4 rings (SSSR count). The monoisotopic (exact) mass is 396 g/mol. The first kappa shape index (κ1) is 19.4. The maximum atomic E-state index is 13.3. The Bertz CT molecular complexity index is 1040. The van der Waals surface area contributed by atoms with Crippen molar-refractivity contribution in [1.82, 2.24) is 29.6 Å². The molecule has 154 valence electrons. The van der Waals surface area contributed by atoms with Gasteiger partial charge in [0.1, 0.15) is 6.54 Å². The summed E-state index contributed by atoms with van der Waals surface area (Å²) in [7, 11) is 1.89. The first-order chi connectivity index (χ1) is 13.8. The Morgan fingerprint density at radius 2 is 2.00 bits per heavy atom. The highest BCUT2D eigenvalue weighted by Gasteiger charge is 2.33. The lowest BCUT2D eigenvalue weighted by Crippen LogP contribution is -2.41. The third-order valence-electron chi connectivity index (χ3n) is 5.92. The van der Waals surface area contributed by atoms with Gasteiger partial charge in [-0.05, 0) is 52.5 Å². The quantitative estimate of drug-likeness (QED) is 0.676. The number of carbonyl (C=O) groups is 1. The molecule has 29 heavy (non-hydrogen) atoms. The summed E-state index contributed by atoms with van der Waals surface area (Å²) in [4.78, 5) is 15.2. The van der Waals surface area contributed by atoms with Gasteiger partial charge in [-0.1, -0.05) is 5.16 Å². The molecule has 1 aliphatic rings. The van der Waals surface area contributed by atoms with Crippen LogP contribution in [0.15, 0.2) is 16.8 Å². The molecule has 1 fully saturated rings. The van der Waals surface area contributed by atoms with Gasteiger partial charge < -0.3 is 9.42 Å². The number of rotatable bonds is 4. The molecule has 0 spiro atoms. The minimum Gasteiger partial charge on any atom is -0.356 e. The van der Waals surface area contributed by atoms with Crippen molar-refractivity contribution >= 4 is 5.91 Å². The molecule has 0 N–H and O–H groups in total. The van der Waals surface area contributed by atoms with Crippen LogP contribution in [0.5, 0.6) is 0 Å². The molecule has 3 aromatic heterocycles. The lowest BCUT2D eigenvalue weighted by molar-refractivity contribution is -0.136. The average Bonchev–Trinajstić information content (AvgIpc) is 3.36. The smallest absolute Gasteiger partial charge is 0.244 e. The van der Waals surface area contributed by atoms with Gasteiger partial charge >= 0.3 is 0 Å². The summed E-state index contributed by atoms with van der Waals surface area (Å²) in [5, 5.41) is 13.3. The van der Waals surface area contributed by atoms with Crippen molar-refractivity contribution in [3.63, 3.8) is 0 Å². The molecule has 1 aliphatic heterocycles. The summed E-state index contributed by atoms with van der Waals surface area (Å²) >= 11 is 0. The molecule has 8 heteroatoms. The molecule has 1 atom stereocenters. The Balaban J connectivity index is 1.65. The van der Waals surface area contributed by atoms with Crippen LogP contribution in [0.25, 0.3) is 11.3 Å². The SMILES string of the molecule is Cc1cc(-c2cn(C)nc2[C@H]2CCCCN2C(=O)Cn2nc(C)c(C)c2C)on1. The third kappa shape index (κ3) is 3.59. The molecule has 0 bridgehead atoms. The van der Waals surface area contributed by atoms with Crippen molar-refractivity contribution in [2.75, 3.05) is 6.54 Å². The molecular weight excluding hydrogens is 368 g/mol. The van der Waals surface area contributed by atoms with Crippen LogP contribution < -0.4 is 0 Å². The van der Waals surface area contributed by atoms with E-state index in [1.807, 2.05) is 56.6 Å². The number of aromatic nitrogens is 5. The van der Waals surface area contributed by atoms with Gasteiger partial charge in [0.15, 0.2) is 5.76 Å². The van der Waals surface area contributed by atoms with Crippen LogP contribution in [0.2, 0.25) is 0 Å². The fourth-order valence-electron chi connectivity index (χ4n) is 4.11. The van der Waals surface area contributed by atoms with E-state index in [9.17, 15) is 4.79 Å². The van der Waals surface area contributed by atoms with Gasteiger partial charge in [0, 0.05) is 31.5 Å². The molecule has 0 saturated carbocycles. The first-order valence-electron chi connectivity index (χ1n) is 10.1. The Morgan fingerprint density at radius 1 is 1.21 bits per heavy atom. The minimum atomic E-state index is -0.0732. The van der Waals surface area contributed by atoms with Crippen molar-refractivity contribution in [3.05, 3.63) is 40.6 Å². The van der Waals surface area contributed by atoms with E-state index in [1.165, 1.54) is 0 Å². The number of amides is 1. The molecule has 1 amide bonds. The van der Waals surface area contributed by atoms with Crippen molar-refractivity contribution in [3.8, 4) is 11.3 Å². The molecule has 0 radical (unpaired) electrons. The zero-order valence-corrected chi connectivity index (χ0v) is 17.8. The number of hydrogen-bond acceptors (Lipinski definition) is 5. The van der Waals surface area contributed by atoms with E-state index >= 15 is 0 Å². The number of likely N-dealkylation sites (tertiary alicyclic amines) is 1. The van der Waals surface area contributed by atoms with Gasteiger partial charge in [-0.2, -0.15) is 10.2 Å². The largest absolute Gasteiger partial charge is 0.356 e. The summed E-state index contributed by atoms with van der Waals surface area (Å²) in [6.45, 7) is 8.91. The lowest BCUT2D eigenvalue weighted by Gasteiger charge is -2.35. The van der Waals surface area contributed by atoms with Crippen LogP contribution in [0.3, 0.4) is 0 Å². The topological polar surface area (TPSA) is 82.0 Å². The van der Waals surface area contributed by atoms with E-state index < -0.39 is 0 Å². The maximum Gasteiger partial charge on any atom is 0.244 e. The van der Waals surface area contributed by atoms with Gasteiger partial charge in [-0.3, -0.25) is 14.2 Å². The van der Waals surface area contributed by atoms with Gasteiger partial charge in [0.25, 0.3) is 0 Å². The molecule has 0 aromatic carbocycles. The van der Waals surface area contributed by atoms with E-state index in [-0.39, 0.29) is 18.5 Å². The zero-order chi connectivity index (χ0) is 20.7. The van der Waals surface area contributed by atoms with E-state index in [0.717, 1.165) is 59.7 Å². The van der Waals surface area contributed by atoms with E-state index in [1.54, 1.807) is 4.68 Å². The van der Waals surface area contributed by atoms with E-state index in [4.69, 9.17) is 9.62 Å². The predicted octanol–water partition coefficient (Wildman–Crippen LogP) is 3.26. The van der Waals surface area contributed by atoms with Gasteiger partial charge in [-0.15, -0.1) is 0 Å². The van der Waals surface area contributed by atoms with Crippen LogP contribution in [0.1, 0.15) is 53.6 Å². The molecule has 0 unspecified atom stereocenters. The van der Waals surface area contributed by atoms with Gasteiger partial charge in [-0.25, -0.2) is 0 Å². The summed E-state index contributed by atoms with van der Waals surface area (Å²) in [5.41, 5.74) is 5.76. The lowest BCUT2D eigenvalue weighted by atomic mass is 9.96. The molecule has 8 nitrogen and oxygen atoms in total. The summed E-state index contributed by atoms with van der Waals surface area (Å²) in [5.74, 6) is 0.767. The number of nitrogens with zero attached hydrogens (tertiary/aromatic N) is 6. The second kappa shape index (κ2) is 7.50. The van der Waals surface area contributed by atoms with Gasteiger partial charge in [0.2, 0.25) is 5.91 Å². The van der Waals surface area contributed by atoms with Crippen LogP contribution in [-0.2, 0) is 18.4 Å². The predicted molar refractivity (Wildman–Crippen MR) is 108 cm³/mol. The number of aryl methyl sites for hydroxylation is 3. The normalized spacial score (nSPS) is 17.1. The second-order valence-corrected chi connectivity index (χ2v) is 7.99. The van der Waals surface area contributed by atoms with E-state index in [2.05, 4.69) is 10.3 Å². The third-order valence-corrected chi connectivity index (χ3v) is 5.92. The minimum absolute atomic E-state index is 0.0732. The van der Waals surface area contributed by atoms with Crippen molar-refractivity contribution in [2.45, 2.75) is 59.5 Å². The first-order valence-corrected chi connectivity index (χ1v) is 10.1.